The molecule has 5 heteroatoms. The van der Waals surface area contributed by atoms with E-state index in [1.807, 2.05) is 41.5 Å². The molecule has 24 heavy (non-hydrogen) atoms. The normalized spacial score (nSPS) is 17.0. The number of thiazole rings is 1. The summed E-state index contributed by atoms with van der Waals surface area (Å²) in [6.45, 7) is 5.74. The van der Waals surface area contributed by atoms with E-state index in [4.69, 9.17) is 0 Å². The summed E-state index contributed by atoms with van der Waals surface area (Å²) in [5.41, 5.74) is 2.71. The molecule has 0 unspecified atom stereocenters. The summed E-state index contributed by atoms with van der Waals surface area (Å²) in [4.78, 5) is 19.2. The van der Waals surface area contributed by atoms with Gasteiger partial charge in [0.15, 0.2) is 0 Å². The second-order valence-electron chi connectivity index (χ2n) is 6.68. The van der Waals surface area contributed by atoms with Crippen LogP contribution >= 0.6 is 11.3 Å². The molecule has 128 valence electrons. The number of nitrogens with zero attached hydrogens (tertiary/aromatic N) is 2. The van der Waals surface area contributed by atoms with Crippen molar-refractivity contribution >= 4 is 17.2 Å². The number of aliphatic hydroxyl groups excluding tert-OH is 1. The van der Waals surface area contributed by atoms with Gasteiger partial charge in [-0.2, -0.15) is 0 Å². The van der Waals surface area contributed by atoms with Crippen LogP contribution in [-0.4, -0.2) is 40.6 Å². The first kappa shape index (κ1) is 17.1. The number of aromatic nitrogens is 1. The third-order valence-corrected chi connectivity index (χ3v) is 6.18. The Kier molecular flexibility index (Phi) is 5.01. The summed E-state index contributed by atoms with van der Waals surface area (Å²) in [6.07, 6.45) is 2.71. The van der Waals surface area contributed by atoms with Crippen LogP contribution in [0.5, 0.6) is 0 Å². The minimum Gasteiger partial charge on any atom is -0.396 e. The standard InChI is InChI=1S/C19H24N2O2S/c1-3-19(13-22)7-9-21(10-8-19)18(23)16-6-4-5-15(11-16)17-20-14(2)12-24-17/h4-6,11-12,22H,3,7-10,13H2,1-2H3. The monoisotopic (exact) mass is 344 g/mol. The predicted octanol–water partition coefficient (Wildman–Crippen LogP) is 3.74. The average Bonchev–Trinajstić information content (AvgIpc) is 3.08. The number of carbonyl (C=O) groups is 1. The van der Waals surface area contributed by atoms with Crippen molar-refractivity contribution in [3.8, 4) is 10.6 Å². The maximum Gasteiger partial charge on any atom is 0.253 e. The van der Waals surface area contributed by atoms with Gasteiger partial charge in [0.05, 0.1) is 0 Å². The van der Waals surface area contributed by atoms with Gasteiger partial charge in [-0.15, -0.1) is 11.3 Å². The van der Waals surface area contributed by atoms with Crippen LogP contribution in [0.2, 0.25) is 0 Å². The summed E-state index contributed by atoms with van der Waals surface area (Å²) in [7, 11) is 0. The summed E-state index contributed by atoms with van der Waals surface area (Å²) < 4.78 is 0. The summed E-state index contributed by atoms with van der Waals surface area (Å²) in [6, 6.07) is 7.74. The maximum absolute atomic E-state index is 12.8. The number of aliphatic hydroxyl groups is 1. The van der Waals surface area contributed by atoms with Gasteiger partial charge in [-0.25, -0.2) is 4.98 Å². The molecular formula is C19H24N2O2S. The van der Waals surface area contributed by atoms with Gasteiger partial charge in [-0.1, -0.05) is 19.1 Å². The van der Waals surface area contributed by atoms with E-state index < -0.39 is 0 Å². The highest BCUT2D eigenvalue weighted by atomic mass is 32.1. The topological polar surface area (TPSA) is 53.4 Å². The molecule has 0 atom stereocenters. The second kappa shape index (κ2) is 7.03. The third kappa shape index (κ3) is 3.37. The van der Waals surface area contributed by atoms with Crippen LogP contribution in [0.1, 0.15) is 42.2 Å². The smallest absolute Gasteiger partial charge is 0.253 e. The van der Waals surface area contributed by atoms with Crippen LogP contribution in [-0.2, 0) is 0 Å². The zero-order valence-corrected chi connectivity index (χ0v) is 15.1. The number of hydrogen-bond donors (Lipinski definition) is 1. The molecular weight excluding hydrogens is 320 g/mol. The SMILES string of the molecule is CCC1(CO)CCN(C(=O)c2cccc(-c3nc(C)cs3)c2)CC1. The highest BCUT2D eigenvalue weighted by molar-refractivity contribution is 7.13. The minimum absolute atomic E-state index is 0.00293. The van der Waals surface area contributed by atoms with Gasteiger partial charge < -0.3 is 10.0 Å². The summed E-state index contributed by atoms with van der Waals surface area (Å²) in [5, 5.41) is 12.6. The number of hydrogen-bond acceptors (Lipinski definition) is 4. The predicted molar refractivity (Wildman–Crippen MR) is 97.2 cm³/mol. The molecule has 0 spiro atoms. The van der Waals surface area contributed by atoms with E-state index in [0.717, 1.165) is 35.5 Å². The Hall–Kier alpha value is -1.72. The van der Waals surface area contributed by atoms with Crippen molar-refractivity contribution in [2.45, 2.75) is 33.1 Å². The van der Waals surface area contributed by atoms with Crippen LogP contribution in [0.4, 0.5) is 0 Å². The lowest BCUT2D eigenvalue weighted by Gasteiger charge is -2.40. The average molecular weight is 344 g/mol. The Labute approximate surface area is 147 Å². The van der Waals surface area contributed by atoms with Crippen LogP contribution in [0.15, 0.2) is 29.6 Å². The number of carbonyl (C=O) groups excluding carboxylic acids is 1. The number of piperidine rings is 1. The lowest BCUT2D eigenvalue weighted by molar-refractivity contribution is 0.0338. The van der Waals surface area contributed by atoms with E-state index in [9.17, 15) is 9.90 Å². The van der Waals surface area contributed by atoms with Gasteiger partial charge in [-0.05, 0) is 43.7 Å². The van der Waals surface area contributed by atoms with Gasteiger partial charge in [0.2, 0.25) is 0 Å². The first-order chi connectivity index (χ1) is 11.6. The van der Waals surface area contributed by atoms with Gasteiger partial charge in [0, 0.05) is 41.9 Å². The first-order valence-electron chi connectivity index (χ1n) is 8.49. The van der Waals surface area contributed by atoms with E-state index in [-0.39, 0.29) is 17.9 Å². The van der Waals surface area contributed by atoms with Crippen LogP contribution < -0.4 is 0 Å². The van der Waals surface area contributed by atoms with Crippen molar-refractivity contribution < 1.29 is 9.90 Å². The lowest BCUT2D eigenvalue weighted by atomic mass is 9.77. The maximum atomic E-state index is 12.8. The molecule has 1 fully saturated rings. The van der Waals surface area contributed by atoms with Crippen molar-refractivity contribution in [1.82, 2.24) is 9.88 Å². The molecule has 0 bridgehead atoms. The Balaban J connectivity index is 1.74. The van der Waals surface area contributed by atoms with E-state index >= 15 is 0 Å². The molecule has 2 aromatic rings. The molecule has 4 nitrogen and oxygen atoms in total. The summed E-state index contributed by atoms with van der Waals surface area (Å²) >= 11 is 1.60. The Morgan fingerprint density at radius 2 is 2.12 bits per heavy atom. The van der Waals surface area contributed by atoms with E-state index in [2.05, 4.69) is 11.9 Å². The Morgan fingerprint density at radius 1 is 1.38 bits per heavy atom. The Bertz CT molecular complexity index is 712. The van der Waals surface area contributed by atoms with Gasteiger partial charge >= 0.3 is 0 Å². The van der Waals surface area contributed by atoms with Crippen molar-refractivity contribution in [1.29, 1.82) is 0 Å². The molecule has 0 aliphatic carbocycles. The van der Waals surface area contributed by atoms with Crippen LogP contribution in [0.25, 0.3) is 10.6 Å². The fourth-order valence-corrected chi connectivity index (χ4v) is 4.06. The fraction of sp³-hybridized carbons (Fsp3) is 0.474. The number of amides is 1. The molecule has 0 radical (unpaired) electrons. The highest BCUT2D eigenvalue weighted by Gasteiger charge is 2.34. The van der Waals surface area contributed by atoms with Crippen molar-refractivity contribution in [3.05, 3.63) is 40.9 Å². The second-order valence-corrected chi connectivity index (χ2v) is 7.54. The third-order valence-electron chi connectivity index (χ3n) is 5.17. The van der Waals surface area contributed by atoms with Crippen molar-refractivity contribution in [2.75, 3.05) is 19.7 Å². The molecule has 0 saturated carbocycles. The largest absolute Gasteiger partial charge is 0.396 e. The molecule has 1 aromatic heterocycles. The number of benzene rings is 1. The highest BCUT2D eigenvalue weighted by Crippen LogP contribution is 2.34. The lowest BCUT2D eigenvalue weighted by Crippen LogP contribution is -2.44. The summed E-state index contributed by atoms with van der Waals surface area (Å²) in [5.74, 6) is 0.0766. The van der Waals surface area contributed by atoms with Crippen molar-refractivity contribution in [2.24, 2.45) is 5.41 Å². The van der Waals surface area contributed by atoms with E-state index in [0.29, 0.717) is 18.7 Å². The van der Waals surface area contributed by atoms with Gasteiger partial charge in [0.1, 0.15) is 5.01 Å². The minimum atomic E-state index is -0.00293. The quantitative estimate of drug-likeness (QED) is 0.919. The molecule has 1 aliphatic heterocycles. The zero-order valence-electron chi connectivity index (χ0n) is 14.3. The molecule has 1 aliphatic rings. The van der Waals surface area contributed by atoms with Gasteiger partial charge in [-0.3, -0.25) is 4.79 Å². The van der Waals surface area contributed by atoms with Crippen LogP contribution in [0.3, 0.4) is 0 Å². The number of likely N-dealkylation sites (tertiary alicyclic amines) is 1. The zero-order chi connectivity index (χ0) is 17.2. The number of aryl methyl sites for hydroxylation is 1. The molecule has 1 N–H and O–H groups in total. The number of rotatable bonds is 4. The Morgan fingerprint density at radius 3 is 2.71 bits per heavy atom. The van der Waals surface area contributed by atoms with Gasteiger partial charge in [0.25, 0.3) is 5.91 Å². The molecule has 3 rings (SSSR count). The van der Waals surface area contributed by atoms with E-state index in [1.165, 1.54) is 0 Å². The van der Waals surface area contributed by atoms with Crippen molar-refractivity contribution in [3.63, 3.8) is 0 Å². The molecule has 1 amide bonds. The fourth-order valence-electron chi connectivity index (χ4n) is 3.26. The molecule has 2 heterocycles. The molecule has 1 saturated heterocycles. The molecule has 1 aromatic carbocycles. The van der Waals surface area contributed by atoms with Crippen LogP contribution in [0, 0.1) is 12.3 Å². The van der Waals surface area contributed by atoms with E-state index in [1.54, 1.807) is 11.3 Å². The first-order valence-corrected chi connectivity index (χ1v) is 9.37.